The number of aliphatic hydroxyl groups is 1. The fraction of sp³-hybridized carbons (Fsp3) is 1.00. The van der Waals surface area contributed by atoms with Crippen molar-refractivity contribution in [1.82, 2.24) is 0 Å². The van der Waals surface area contributed by atoms with Crippen molar-refractivity contribution in [1.29, 1.82) is 0 Å². The Kier molecular flexibility index (Phi) is 16.9. The van der Waals surface area contributed by atoms with Gasteiger partial charge in [-0.3, -0.25) is 4.55 Å². The van der Waals surface area contributed by atoms with Crippen LogP contribution >= 0.6 is 0 Å². The van der Waals surface area contributed by atoms with E-state index in [0.29, 0.717) is 32.1 Å². The minimum Gasteiger partial charge on any atom is -0.393 e. The highest BCUT2D eigenvalue weighted by Crippen LogP contribution is 2.19. The zero-order valence-corrected chi connectivity index (χ0v) is 18.1. The summed E-state index contributed by atoms with van der Waals surface area (Å²) in [4.78, 5) is 0. The Bertz CT molecular complexity index is 395. The van der Waals surface area contributed by atoms with E-state index < -0.39 is 15.4 Å². The zero-order chi connectivity index (χ0) is 19.7. The summed E-state index contributed by atoms with van der Waals surface area (Å²) in [5.41, 5.74) is 0. The minimum absolute atomic E-state index is 0.358. The predicted molar refractivity (Wildman–Crippen MR) is 111 cm³/mol. The van der Waals surface area contributed by atoms with Crippen LogP contribution in [0.3, 0.4) is 0 Å². The van der Waals surface area contributed by atoms with Crippen LogP contribution in [0.5, 0.6) is 0 Å². The molecule has 2 unspecified atom stereocenters. The minimum atomic E-state index is -3.97. The van der Waals surface area contributed by atoms with Crippen LogP contribution in [0, 0.1) is 0 Å². The van der Waals surface area contributed by atoms with Crippen LogP contribution in [0.25, 0.3) is 0 Å². The predicted octanol–water partition coefficient (Wildman–Crippen LogP) is 6.28. The first-order chi connectivity index (χ1) is 12.4. The van der Waals surface area contributed by atoms with Crippen molar-refractivity contribution in [2.45, 2.75) is 134 Å². The molecule has 0 heterocycles. The van der Waals surface area contributed by atoms with Gasteiger partial charge in [-0.1, -0.05) is 90.9 Å². The van der Waals surface area contributed by atoms with Gasteiger partial charge >= 0.3 is 0 Å². The summed E-state index contributed by atoms with van der Waals surface area (Å²) in [6.07, 6.45) is 17.6. The van der Waals surface area contributed by atoms with Crippen molar-refractivity contribution in [3.8, 4) is 0 Å². The molecule has 2 atom stereocenters. The van der Waals surface area contributed by atoms with Crippen LogP contribution in [0.4, 0.5) is 0 Å². The van der Waals surface area contributed by atoms with E-state index in [-0.39, 0.29) is 6.10 Å². The van der Waals surface area contributed by atoms with Gasteiger partial charge in [0.25, 0.3) is 10.1 Å². The molecule has 0 fully saturated rings. The Labute approximate surface area is 162 Å². The van der Waals surface area contributed by atoms with Crippen LogP contribution < -0.4 is 0 Å². The van der Waals surface area contributed by atoms with E-state index in [1.54, 1.807) is 0 Å². The summed E-state index contributed by atoms with van der Waals surface area (Å²) >= 11 is 0. The second kappa shape index (κ2) is 17.0. The molecule has 0 bridgehead atoms. The van der Waals surface area contributed by atoms with Crippen molar-refractivity contribution >= 4 is 10.1 Å². The highest BCUT2D eigenvalue weighted by Gasteiger charge is 2.22. The monoisotopic (exact) mass is 392 g/mol. The molecule has 0 aliphatic carbocycles. The third-order valence-corrected chi connectivity index (χ3v) is 6.65. The molecule has 0 saturated heterocycles. The Morgan fingerprint density at radius 1 is 0.654 bits per heavy atom. The number of hydrogen-bond acceptors (Lipinski definition) is 3. The molecule has 0 rings (SSSR count). The van der Waals surface area contributed by atoms with Gasteiger partial charge in [0.05, 0.1) is 11.4 Å². The first-order valence-electron chi connectivity index (χ1n) is 11.1. The van der Waals surface area contributed by atoms with Crippen molar-refractivity contribution in [2.24, 2.45) is 0 Å². The number of hydrogen-bond donors (Lipinski definition) is 2. The summed E-state index contributed by atoms with van der Waals surface area (Å²) in [5.74, 6) is 0. The fourth-order valence-corrected chi connectivity index (χ4v) is 4.37. The molecule has 26 heavy (non-hydrogen) atoms. The van der Waals surface area contributed by atoms with Gasteiger partial charge in [0, 0.05) is 0 Å². The molecule has 5 heteroatoms. The molecule has 0 aromatic heterocycles. The number of unbranched alkanes of at least 4 members (excludes halogenated alkanes) is 11. The van der Waals surface area contributed by atoms with Crippen molar-refractivity contribution in [2.75, 3.05) is 0 Å². The van der Waals surface area contributed by atoms with Crippen molar-refractivity contribution in [3.05, 3.63) is 0 Å². The lowest BCUT2D eigenvalue weighted by atomic mass is 10.0. The van der Waals surface area contributed by atoms with Crippen molar-refractivity contribution < 1.29 is 18.1 Å². The van der Waals surface area contributed by atoms with Crippen LogP contribution in [0.1, 0.15) is 123 Å². The summed E-state index contributed by atoms with van der Waals surface area (Å²) in [5, 5.41) is 8.89. The van der Waals surface area contributed by atoms with Gasteiger partial charge in [-0.15, -0.1) is 0 Å². The molecule has 0 amide bonds. The fourth-order valence-electron chi connectivity index (χ4n) is 3.44. The average molecular weight is 393 g/mol. The number of aliphatic hydroxyl groups excluding tert-OH is 1. The maximum absolute atomic E-state index is 11.5. The normalized spacial score (nSPS) is 14.5. The Morgan fingerprint density at radius 3 is 1.50 bits per heavy atom. The van der Waals surface area contributed by atoms with E-state index in [9.17, 15) is 18.1 Å². The van der Waals surface area contributed by atoms with Crippen molar-refractivity contribution in [3.63, 3.8) is 0 Å². The average Bonchev–Trinajstić information content (AvgIpc) is 2.59. The van der Waals surface area contributed by atoms with Gasteiger partial charge in [0.1, 0.15) is 0 Å². The SMILES string of the molecule is CCCCCCCCCCCCCCC(CCCC(O)CC)S(=O)(=O)O. The molecule has 0 aromatic rings. The molecule has 0 spiro atoms. The molecular weight excluding hydrogens is 348 g/mol. The van der Waals surface area contributed by atoms with Crippen LogP contribution in [0.2, 0.25) is 0 Å². The maximum atomic E-state index is 11.5. The lowest BCUT2D eigenvalue weighted by molar-refractivity contribution is 0.156. The zero-order valence-electron chi connectivity index (χ0n) is 17.3. The van der Waals surface area contributed by atoms with Gasteiger partial charge in [0.15, 0.2) is 0 Å². The standard InChI is InChI=1S/C21H44O4S/c1-3-5-6-7-8-9-10-11-12-13-14-15-18-21(26(23,24)25)19-16-17-20(22)4-2/h20-22H,3-19H2,1-2H3,(H,23,24,25). The molecule has 0 aliphatic heterocycles. The first-order valence-corrected chi connectivity index (χ1v) is 12.6. The molecule has 0 aromatic carbocycles. The summed E-state index contributed by atoms with van der Waals surface area (Å²) in [6.45, 7) is 4.16. The largest absolute Gasteiger partial charge is 0.393 e. The molecular formula is C21H44O4S. The van der Waals surface area contributed by atoms with Gasteiger partial charge in [0.2, 0.25) is 0 Å². The van der Waals surface area contributed by atoms with E-state index in [4.69, 9.17) is 0 Å². The lowest BCUT2D eigenvalue weighted by Crippen LogP contribution is -2.21. The topological polar surface area (TPSA) is 74.6 Å². The van der Waals surface area contributed by atoms with E-state index in [2.05, 4.69) is 6.92 Å². The quantitative estimate of drug-likeness (QED) is 0.200. The van der Waals surface area contributed by atoms with E-state index >= 15 is 0 Å². The Morgan fingerprint density at radius 2 is 1.08 bits per heavy atom. The summed E-state index contributed by atoms with van der Waals surface area (Å²) in [7, 11) is -3.97. The van der Waals surface area contributed by atoms with E-state index in [0.717, 1.165) is 19.3 Å². The first kappa shape index (κ1) is 25.9. The number of rotatable bonds is 19. The third kappa shape index (κ3) is 16.1. The molecule has 0 radical (unpaired) electrons. The highest BCUT2D eigenvalue weighted by molar-refractivity contribution is 7.86. The van der Waals surface area contributed by atoms with Gasteiger partial charge in [-0.05, 0) is 32.1 Å². The molecule has 0 saturated carbocycles. The highest BCUT2D eigenvalue weighted by atomic mass is 32.2. The van der Waals surface area contributed by atoms with Gasteiger partial charge in [-0.2, -0.15) is 8.42 Å². The summed E-state index contributed by atoms with van der Waals surface area (Å²) < 4.78 is 32.4. The van der Waals surface area contributed by atoms with Gasteiger partial charge in [-0.25, -0.2) is 0 Å². The third-order valence-electron chi connectivity index (χ3n) is 5.34. The smallest absolute Gasteiger partial charge is 0.267 e. The molecule has 0 aliphatic rings. The Balaban J connectivity index is 3.64. The molecule has 158 valence electrons. The molecule has 2 N–H and O–H groups in total. The van der Waals surface area contributed by atoms with Crippen LogP contribution in [-0.2, 0) is 10.1 Å². The second-order valence-electron chi connectivity index (χ2n) is 7.81. The van der Waals surface area contributed by atoms with E-state index in [1.807, 2.05) is 6.92 Å². The van der Waals surface area contributed by atoms with E-state index in [1.165, 1.54) is 57.8 Å². The lowest BCUT2D eigenvalue weighted by Gasteiger charge is -2.15. The summed E-state index contributed by atoms with van der Waals surface area (Å²) in [6, 6.07) is 0. The second-order valence-corrected chi connectivity index (χ2v) is 9.50. The Hall–Kier alpha value is -0.130. The van der Waals surface area contributed by atoms with Crippen LogP contribution in [-0.4, -0.2) is 29.4 Å². The molecule has 4 nitrogen and oxygen atoms in total. The maximum Gasteiger partial charge on any atom is 0.267 e. The van der Waals surface area contributed by atoms with Crippen LogP contribution in [0.15, 0.2) is 0 Å². The van der Waals surface area contributed by atoms with Gasteiger partial charge < -0.3 is 5.11 Å².